The van der Waals surface area contributed by atoms with Crippen LogP contribution in [-0.2, 0) is 11.3 Å². The molecular formula is C26H24Cl2N4O3. The van der Waals surface area contributed by atoms with Gasteiger partial charge >= 0.3 is 0 Å². The normalized spacial score (nSPS) is 17.7. The fourth-order valence-corrected chi connectivity index (χ4v) is 5.46. The number of hydrogen-bond acceptors (Lipinski definition) is 6. The van der Waals surface area contributed by atoms with Crippen molar-refractivity contribution in [3.63, 3.8) is 0 Å². The number of aromatic nitrogens is 3. The van der Waals surface area contributed by atoms with Crippen molar-refractivity contribution in [1.29, 1.82) is 0 Å². The molecule has 9 heteroatoms. The van der Waals surface area contributed by atoms with Gasteiger partial charge in [-0.3, -0.25) is 10.1 Å². The summed E-state index contributed by atoms with van der Waals surface area (Å²) in [5.74, 6) is 1.06. The van der Waals surface area contributed by atoms with Crippen LogP contribution in [0.4, 0.5) is 0 Å². The lowest BCUT2D eigenvalue weighted by molar-refractivity contribution is -0.218. The molecule has 0 bridgehead atoms. The van der Waals surface area contributed by atoms with E-state index in [2.05, 4.69) is 26.6 Å². The average Bonchev–Trinajstić information content (AvgIpc) is 3.27. The maximum atomic E-state index is 6.31. The average molecular weight is 511 g/mol. The van der Waals surface area contributed by atoms with Crippen molar-refractivity contribution < 1.29 is 14.2 Å². The largest absolute Gasteiger partial charge is 0.486 e. The summed E-state index contributed by atoms with van der Waals surface area (Å²) in [6.07, 6.45) is 4.46. The highest BCUT2D eigenvalue weighted by molar-refractivity contribution is 6.35. The monoisotopic (exact) mass is 510 g/mol. The number of halogens is 2. The van der Waals surface area contributed by atoms with Crippen molar-refractivity contribution in [2.45, 2.75) is 38.3 Å². The van der Waals surface area contributed by atoms with Gasteiger partial charge in [-0.05, 0) is 43.3 Å². The first-order chi connectivity index (χ1) is 17.0. The first kappa shape index (κ1) is 22.6. The van der Waals surface area contributed by atoms with Crippen LogP contribution in [-0.4, -0.2) is 34.1 Å². The van der Waals surface area contributed by atoms with E-state index in [1.807, 2.05) is 37.3 Å². The van der Waals surface area contributed by atoms with E-state index < -0.39 is 5.79 Å². The second kappa shape index (κ2) is 8.99. The Balaban J connectivity index is 1.29. The quantitative estimate of drug-likeness (QED) is 0.347. The molecule has 180 valence electrons. The minimum absolute atomic E-state index is 0.355. The summed E-state index contributed by atoms with van der Waals surface area (Å²) in [7, 11) is 0. The highest BCUT2D eigenvalue weighted by Gasteiger charge is 2.39. The molecule has 2 aliphatic heterocycles. The van der Waals surface area contributed by atoms with E-state index in [0.717, 1.165) is 59.4 Å². The fourth-order valence-electron chi connectivity index (χ4n) is 4.79. The van der Waals surface area contributed by atoms with E-state index in [1.165, 1.54) is 0 Å². The molecule has 2 aromatic heterocycles. The molecule has 0 radical (unpaired) electrons. The number of nitrogens with zero attached hydrogens (tertiary/aromatic N) is 2. The van der Waals surface area contributed by atoms with Crippen molar-refractivity contribution in [1.82, 2.24) is 20.5 Å². The van der Waals surface area contributed by atoms with Gasteiger partial charge in [-0.25, -0.2) is 0 Å². The predicted octanol–water partition coefficient (Wildman–Crippen LogP) is 6.06. The van der Waals surface area contributed by atoms with Gasteiger partial charge in [0.15, 0.2) is 0 Å². The third-order valence-corrected chi connectivity index (χ3v) is 7.23. The minimum Gasteiger partial charge on any atom is -0.486 e. The minimum atomic E-state index is -0.512. The van der Waals surface area contributed by atoms with E-state index in [1.54, 1.807) is 12.4 Å². The Labute approximate surface area is 212 Å². The van der Waals surface area contributed by atoms with Gasteiger partial charge in [0, 0.05) is 60.4 Å². The van der Waals surface area contributed by atoms with E-state index >= 15 is 0 Å². The first-order valence-corrected chi connectivity index (χ1v) is 12.4. The molecule has 0 aliphatic carbocycles. The Bertz CT molecular complexity index is 1380. The molecule has 2 N–H and O–H groups in total. The summed E-state index contributed by atoms with van der Waals surface area (Å²) < 4.78 is 18.7. The number of ether oxygens (including phenoxy) is 3. The van der Waals surface area contributed by atoms with E-state index in [0.29, 0.717) is 28.0 Å². The number of aromatic amines is 1. The van der Waals surface area contributed by atoms with E-state index in [4.69, 9.17) is 37.4 Å². The van der Waals surface area contributed by atoms with Crippen LogP contribution >= 0.6 is 23.2 Å². The van der Waals surface area contributed by atoms with E-state index in [-0.39, 0.29) is 6.10 Å². The van der Waals surface area contributed by atoms with Gasteiger partial charge in [-0.2, -0.15) is 5.10 Å². The van der Waals surface area contributed by atoms with Crippen molar-refractivity contribution >= 4 is 34.1 Å². The molecule has 1 saturated heterocycles. The SMILES string of the molecule is C[C@@H](Oc1ccc2[nH]nc(-c3ccc4c(c3)COC3(CCNCC3)O4)c2c1)c1c(Cl)cncc1Cl. The molecule has 0 saturated carbocycles. The molecular weight excluding hydrogens is 487 g/mol. The molecule has 2 aliphatic rings. The molecule has 1 spiro atoms. The zero-order chi connectivity index (χ0) is 24.0. The Morgan fingerprint density at radius 1 is 1.06 bits per heavy atom. The number of hydrogen-bond donors (Lipinski definition) is 2. The van der Waals surface area contributed by atoms with Gasteiger partial charge in [0.2, 0.25) is 5.79 Å². The zero-order valence-electron chi connectivity index (χ0n) is 19.1. The Hall–Kier alpha value is -2.84. The summed E-state index contributed by atoms with van der Waals surface area (Å²) in [6, 6.07) is 12.0. The lowest BCUT2D eigenvalue weighted by Gasteiger charge is -2.41. The van der Waals surface area contributed by atoms with Gasteiger partial charge in [0.05, 0.1) is 22.2 Å². The number of fused-ring (bicyclic) bond motifs is 2. The summed E-state index contributed by atoms with van der Waals surface area (Å²) in [6.45, 7) is 4.22. The van der Waals surface area contributed by atoms with Crippen molar-refractivity contribution in [2.24, 2.45) is 0 Å². The van der Waals surface area contributed by atoms with Crippen molar-refractivity contribution in [2.75, 3.05) is 13.1 Å². The van der Waals surface area contributed by atoms with Crippen LogP contribution in [0.1, 0.15) is 37.0 Å². The molecule has 2 aromatic carbocycles. The molecule has 0 unspecified atom stereocenters. The maximum absolute atomic E-state index is 6.31. The summed E-state index contributed by atoms with van der Waals surface area (Å²) in [4.78, 5) is 4.02. The molecule has 4 heterocycles. The fraction of sp³-hybridized carbons (Fsp3) is 0.308. The van der Waals surface area contributed by atoms with Crippen LogP contribution in [0.25, 0.3) is 22.2 Å². The highest BCUT2D eigenvalue weighted by atomic mass is 35.5. The standard InChI is InChI=1S/C26H24Cl2N4O3/c1-15(24-20(27)12-30-13-21(24)28)34-18-3-4-22-19(11-18)25(32-31-22)16-2-5-23-17(10-16)14-33-26(35-23)6-8-29-9-7-26/h2-5,10-13,15,29H,6-9,14H2,1H3,(H,31,32)/t15-/m1/s1. The van der Waals surface area contributed by atoms with Crippen LogP contribution in [0.15, 0.2) is 48.8 Å². The van der Waals surface area contributed by atoms with Gasteiger partial charge in [0.1, 0.15) is 23.3 Å². The molecule has 6 rings (SSSR count). The van der Waals surface area contributed by atoms with Crippen LogP contribution in [0, 0.1) is 0 Å². The van der Waals surface area contributed by atoms with Crippen molar-refractivity contribution in [3.8, 4) is 22.8 Å². The second-order valence-electron chi connectivity index (χ2n) is 8.93. The maximum Gasteiger partial charge on any atom is 0.213 e. The van der Waals surface area contributed by atoms with Crippen LogP contribution in [0.5, 0.6) is 11.5 Å². The number of rotatable bonds is 4. The molecule has 1 fully saturated rings. The zero-order valence-corrected chi connectivity index (χ0v) is 20.6. The Morgan fingerprint density at radius 2 is 1.86 bits per heavy atom. The molecule has 4 aromatic rings. The predicted molar refractivity (Wildman–Crippen MR) is 135 cm³/mol. The molecule has 1 atom stereocenters. The second-order valence-corrected chi connectivity index (χ2v) is 9.74. The number of H-pyrrole nitrogens is 1. The van der Waals surface area contributed by atoms with Crippen LogP contribution < -0.4 is 14.8 Å². The van der Waals surface area contributed by atoms with E-state index in [9.17, 15) is 0 Å². The van der Waals surface area contributed by atoms with Gasteiger partial charge in [0.25, 0.3) is 0 Å². The summed E-state index contributed by atoms with van der Waals surface area (Å²) in [5.41, 5.74) is 4.46. The number of benzene rings is 2. The third kappa shape index (κ3) is 4.23. The molecule has 7 nitrogen and oxygen atoms in total. The first-order valence-electron chi connectivity index (χ1n) is 11.6. The number of nitrogens with one attached hydrogen (secondary N) is 2. The Morgan fingerprint density at radius 3 is 2.66 bits per heavy atom. The molecule has 0 amide bonds. The highest BCUT2D eigenvalue weighted by Crippen LogP contribution is 2.39. The lowest BCUT2D eigenvalue weighted by Crippen LogP contribution is -2.49. The van der Waals surface area contributed by atoms with Gasteiger partial charge < -0.3 is 19.5 Å². The smallest absolute Gasteiger partial charge is 0.213 e. The van der Waals surface area contributed by atoms with Crippen LogP contribution in [0.3, 0.4) is 0 Å². The number of piperidine rings is 1. The Kier molecular flexibility index (Phi) is 5.81. The van der Waals surface area contributed by atoms with Gasteiger partial charge in [-0.15, -0.1) is 0 Å². The summed E-state index contributed by atoms with van der Waals surface area (Å²) >= 11 is 12.6. The topological polar surface area (TPSA) is 81.3 Å². The van der Waals surface area contributed by atoms with Crippen LogP contribution in [0.2, 0.25) is 10.0 Å². The van der Waals surface area contributed by atoms with Gasteiger partial charge in [-0.1, -0.05) is 23.2 Å². The molecule has 35 heavy (non-hydrogen) atoms. The lowest BCUT2D eigenvalue weighted by atomic mass is 10.0. The van der Waals surface area contributed by atoms with Crippen molar-refractivity contribution in [3.05, 3.63) is 70.0 Å². The number of pyridine rings is 1. The third-order valence-electron chi connectivity index (χ3n) is 6.63. The summed E-state index contributed by atoms with van der Waals surface area (Å²) in [5, 5.41) is 13.0.